The molecule has 2 aromatic rings. The molecule has 0 radical (unpaired) electrons. The number of benzene rings is 2. The molecule has 0 atom stereocenters. The molecule has 1 aliphatic carbocycles. The summed E-state index contributed by atoms with van der Waals surface area (Å²) in [6, 6.07) is 7.33. The summed E-state index contributed by atoms with van der Waals surface area (Å²) in [5.41, 5.74) is -0.193. The monoisotopic (exact) mass is 280 g/mol. The summed E-state index contributed by atoms with van der Waals surface area (Å²) in [6.45, 7) is 0. The molecule has 0 bridgehead atoms. The van der Waals surface area contributed by atoms with Crippen LogP contribution >= 0.6 is 0 Å². The van der Waals surface area contributed by atoms with E-state index in [4.69, 9.17) is 0 Å². The van der Waals surface area contributed by atoms with Crippen molar-refractivity contribution in [3.05, 3.63) is 41.5 Å². The Hall–Kier alpha value is -1.71. The van der Waals surface area contributed by atoms with E-state index in [1.54, 1.807) is 18.2 Å². The molecule has 20 heavy (non-hydrogen) atoms. The fourth-order valence-corrected chi connectivity index (χ4v) is 3.16. The van der Waals surface area contributed by atoms with Crippen LogP contribution in [0.1, 0.15) is 42.7 Å². The van der Waals surface area contributed by atoms with Gasteiger partial charge in [0.15, 0.2) is 0 Å². The Balaban J connectivity index is 2.29. The van der Waals surface area contributed by atoms with E-state index in [2.05, 4.69) is 0 Å². The number of phenols is 1. The number of halogens is 3. The van der Waals surface area contributed by atoms with Crippen molar-refractivity contribution in [3.63, 3.8) is 0 Å². The summed E-state index contributed by atoms with van der Waals surface area (Å²) >= 11 is 0. The Morgan fingerprint density at radius 2 is 1.60 bits per heavy atom. The first kappa shape index (κ1) is 13.3. The normalized spacial score (nSPS) is 16.9. The molecule has 106 valence electrons. The first-order valence-corrected chi connectivity index (χ1v) is 6.80. The average molecular weight is 280 g/mol. The molecular formula is C16H15F3O. The smallest absolute Gasteiger partial charge is 0.417 e. The Labute approximate surface area is 115 Å². The van der Waals surface area contributed by atoms with Crippen LogP contribution in [0.4, 0.5) is 13.2 Å². The third-order valence-corrected chi connectivity index (χ3v) is 4.15. The van der Waals surface area contributed by atoms with Crippen molar-refractivity contribution in [2.24, 2.45) is 0 Å². The van der Waals surface area contributed by atoms with Gasteiger partial charge in [0.25, 0.3) is 0 Å². The van der Waals surface area contributed by atoms with Gasteiger partial charge in [0, 0.05) is 5.39 Å². The second-order valence-electron chi connectivity index (χ2n) is 5.39. The molecule has 0 aromatic heterocycles. The first-order chi connectivity index (χ1) is 9.48. The fraction of sp³-hybridized carbons (Fsp3) is 0.375. The maximum atomic E-state index is 13.2. The minimum absolute atomic E-state index is 0.0144. The molecule has 0 saturated heterocycles. The zero-order chi connectivity index (χ0) is 14.3. The lowest BCUT2D eigenvalue weighted by atomic mass is 9.90. The van der Waals surface area contributed by atoms with Gasteiger partial charge >= 0.3 is 6.18 Å². The molecule has 0 amide bonds. The summed E-state index contributed by atoms with van der Waals surface area (Å²) in [4.78, 5) is 0. The van der Waals surface area contributed by atoms with Gasteiger partial charge in [-0.25, -0.2) is 0 Å². The van der Waals surface area contributed by atoms with Crippen molar-refractivity contribution in [3.8, 4) is 5.75 Å². The molecule has 0 aliphatic heterocycles. The Morgan fingerprint density at radius 3 is 2.20 bits per heavy atom. The molecule has 1 saturated carbocycles. The van der Waals surface area contributed by atoms with Crippen molar-refractivity contribution in [2.75, 3.05) is 0 Å². The minimum Gasteiger partial charge on any atom is -0.507 e. The number of fused-ring (bicyclic) bond motifs is 1. The Bertz CT molecular complexity index is 640. The van der Waals surface area contributed by atoms with Gasteiger partial charge in [-0.3, -0.25) is 0 Å². The summed E-state index contributed by atoms with van der Waals surface area (Å²) in [5, 5.41) is 10.7. The van der Waals surface area contributed by atoms with Crippen LogP contribution in [0.3, 0.4) is 0 Å². The van der Waals surface area contributed by atoms with Gasteiger partial charge in [-0.05, 0) is 35.8 Å². The molecule has 0 spiro atoms. The van der Waals surface area contributed by atoms with Crippen LogP contribution in [0.2, 0.25) is 0 Å². The first-order valence-electron chi connectivity index (χ1n) is 6.80. The van der Waals surface area contributed by atoms with E-state index in [-0.39, 0.29) is 17.1 Å². The number of alkyl halides is 3. The summed E-state index contributed by atoms with van der Waals surface area (Å²) in [5.74, 6) is 0.0567. The summed E-state index contributed by atoms with van der Waals surface area (Å²) in [7, 11) is 0. The van der Waals surface area contributed by atoms with Crippen molar-refractivity contribution in [1.29, 1.82) is 0 Å². The van der Waals surface area contributed by atoms with Crippen molar-refractivity contribution < 1.29 is 18.3 Å². The maximum absolute atomic E-state index is 13.2. The van der Waals surface area contributed by atoms with Gasteiger partial charge in [-0.1, -0.05) is 37.1 Å². The van der Waals surface area contributed by atoms with E-state index in [0.29, 0.717) is 10.9 Å². The molecule has 0 heterocycles. The van der Waals surface area contributed by atoms with Gasteiger partial charge in [-0.2, -0.15) is 13.2 Å². The van der Waals surface area contributed by atoms with Crippen molar-refractivity contribution >= 4 is 10.8 Å². The number of rotatable bonds is 1. The minimum atomic E-state index is -4.40. The molecule has 1 fully saturated rings. The zero-order valence-corrected chi connectivity index (χ0v) is 10.9. The van der Waals surface area contributed by atoms with Crippen LogP contribution in [0.5, 0.6) is 5.75 Å². The zero-order valence-electron chi connectivity index (χ0n) is 10.9. The lowest BCUT2D eigenvalue weighted by molar-refractivity contribution is -0.136. The predicted molar refractivity (Wildman–Crippen MR) is 71.8 cm³/mol. The summed E-state index contributed by atoms with van der Waals surface area (Å²) < 4.78 is 39.7. The highest BCUT2D eigenvalue weighted by molar-refractivity contribution is 5.92. The largest absolute Gasteiger partial charge is 0.507 e. The number of hydrogen-bond donors (Lipinski definition) is 1. The van der Waals surface area contributed by atoms with Crippen molar-refractivity contribution in [1.82, 2.24) is 0 Å². The van der Waals surface area contributed by atoms with Crippen LogP contribution in [0.15, 0.2) is 30.3 Å². The van der Waals surface area contributed by atoms with E-state index in [1.165, 1.54) is 6.07 Å². The number of aromatic hydroxyl groups is 1. The standard InChI is InChI=1S/C16H15F3O/c17-16(18,19)14-9-13(10-5-1-2-6-10)15(20)12-8-4-3-7-11(12)14/h3-4,7-10,20H,1-2,5-6H2. The predicted octanol–water partition coefficient (Wildman–Crippen LogP) is 5.22. The highest BCUT2D eigenvalue weighted by atomic mass is 19.4. The third-order valence-electron chi connectivity index (χ3n) is 4.15. The highest BCUT2D eigenvalue weighted by Gasteiger charge is 2.35. The van der Waals surface area contributed by atoms with E-state index in [0.717, 1.165) is 31.7 Å². The SMILES string of the molecule is Oc1c(C2CCCC2)cc(C(F)(F)F)c2ccccc12. The van der Waals surface area contributed by atoms with Gasteiger partial charge < -0.3 is 5.11 Å². The molecule has 0 unspecified atom stereocenters. The Kier molecular flexibility index (Phi) is 3.11. The van der Waals surface area contributed by atoms with Crippen LogP contribution in [0, 0.1) is 0 Å². The van der Waals surface area contributed by atoms with Crippen molar-refractivity contribution in [2.45, 2.75) is 37.8 Å². The van der Waals surface area contributed by atoms with Gasteiger partial charge in [0.05, 0.1) is 5.56 Å². The molecule has 1 aliphatic rings. The Morgan fingerprint density at radius 1 is 1.00 bits per heavy atom. The van der Waals surface area contributed by atoms with Gasteiger partial charge in [-0.15, -0.1) is 0 Å². The van der Waals surface area contributed by atoms with E-state index < -0.39 is 11.7 Å². The third kappa shape index (κ3) is 2.13. The highest BCUT2D eigenvalue weighted by Crippen LogP contribution is 2.45. The quantitative estimate of drug-likeness (QED) is 0.759. The van der Waals surface area contributed by atoms with Crippen LogP contribution < -0.4 is 0 Å². The van der Waals surface area contributed by atoms with Crippen LogP contribution in [0.25, 0.3) is 10.8 Å². The average Bonchev–Trinajstić information content (AvgIpc) is 2.92. The summed E-state index contributed by atoms with van der Waals surface area (Å²) in [6.07, 6.45) is -0.677. The number of hydrogen-bond acceptors (Lipinski definition) is 1. The lowest BCUT2D eigenvalue weighted by Gasteiger charge is -2.18. The van der Waals surface area contributed by atoms with Crippen LogP contribution in [-0.2, 0) is 6.18 Å². The second kappa shape index (κ2) is 4.69. The van der Waals surface area contributed by atoms with Gasteiger partial charge in [0.2, 0.25) is 0 Å². The second-order valence-corrected chi connectivity index (χ2v) is 5.39. The lowest BCUT2D eigenvalue weighted by Crippen LogP contribution is -2.08. The molecular weight excluding hydrogens is 265 g/mol. The molecule has 1 N–H and O–H groups in total. The number of phenolic OH excluding ortho intramolecular Hbond substituents is 1. The maximum Gasteiger partial charge on any atom is 0.417 e. The topological polar surface area (TPSA) is 20.2 Å². The van der Waals surface area contributed by atoms with Gasteiger partial charge in [0.1, 0.15) is 5.75 Å². The molecule has 3 rings (SSSR count). The van der Waals surface area contributed by atoms with Crippen LogP contribution in [-0.4, -0.2) is 5.11 Å². The molecule has 2 aromatic carbocycles. The van der Waals surface area contributed by atoms with E-state index >= 15 is 0 Å². The molecule has 1 nitrogen and oxygen atoms in total. The molecule has 4 heteroatoms. The van der Waals surface area contributed by atoms with E-state index in [9.17, 15) is 18.3 Å². The van der Waals surface area contributed by atoms with E-state index in [1.807, 2.05) is 0 Å². The fourth-order valence-electron chi connectivity index (χ4n) is 3.16.